The number of allylic oxidation sites excluding steroid dienone is 2. The summed E-state index contributed by atoms with van der Waals surface area (Å²) in [6.07, 6.45) is 4.74. The van der Waals surface area contributed by atoms with Crippen molar-refractivity contribution in [2.24, 2.45) is 23.7 Å². The van der Waals surface area contributed by atoms with E-state index in [9.17, 15) is 14.7 Å². The number of amides is 1. The van der Waals surface area contributed by atoms with Crippen LogP contribution in [0.15, 0.2) is 42.5 Å². The molecule has 0 spiro atoms. The molecule has 4 nitrogen and oxygen atoms in total. The first kappa shape index (κ1) is 13.9. The topological polar surface area (TPSA) is 66.4 Å². The maximum Gasteiger partial charge on any atom is 0.307 e. The molecule has 2 N–H and O–H groups in total. The lowest BCUT2D eigenvalue weighted by Crippen LogP contribution is -2.41. The Kier molecular flexibility index (Phi) is 3.53. The second kappa shape index (κ2) is 5.35. The number of aliphatic carboxylic acids is 1. The van der Waals surface area contributed by atoms with Crippen LogP contribution in [0.4, 0.5) is 0 Å². The van der Waals surface area contributed by atoms with Crippen LogP contribution in [-0.4, -0.2) is 17.0 Å². The van der Waals surface area contributed by atoms with Gasteiger partial charge in [0, 0.05) is 0 Å². The maximum absolute atomic E-state index is 12.5. The van der Waals surface area contributed by atoms with Crippen molar-refractivity contribution in [2.45, 2.75) is 19.4 Å². The van der Waals surface area contributed by atoms with Crippen molar-refractivity contribution in [1.29, 1.82) is 0 Å². The largest absolute Gasteiger partial charge is 0.481 e. The number of fused-ring (bicyclic) bond motifs is 2. The number of benzene rings is 1. The molecule has 0 saturated heterocycles. The van der Waals surface area contributed by atoms with Crippen LogP contribution in [0.5, 0.6) is 0 Å². The summed E-state index contributed by atoms with van der Waals surface area (Å²) in [5, 5.41) is 12.4. The quantitative estimate of drug-likeness (QED) is 0.835. The van der Waals surface area contributed by atoms with E-state index in [1.54, 1.807) is 0 Å². The third-order valence-corrected chi connectivity index (χ3v) is 4.71. The van der Waals surface area contributed by atoms with Gasteiger partial charge in [-0.05, 0) is 30.7 Å². The second-order valence-electron chi connectivity index (χ2n) is 5.98. The maximum atomic E-state index is 12.5. The van der Waals surface area contributed by atoms with Crippen molar-refractivity contribution in [1.82, 2.24) is 5.32 Å². The molecular formula is C17H19NO3. The average molecular weight is 285 g/mol. The van der Waals surface area contributed by atoms with Crippen molar-refractivity contribution in [3.8, 4) is 0 Å². The van der Waals surface area contributed by atoms with Crippen LogP contribution in [0.25, 0.3) is 0 Å². The highest BCUT2D eigenvalue weighted by Crippen LogP contribution is 2.48. The third kappa shape index (κ3) is 2.46. The summed E-state index contributed by atoms with van der Waals surface area (Å²) in [6, 6.07) is 9.59. The fraction of sp³-hybridized carbons (Fsp3) is 0.412. The zero-order valence-electron chi connectivity index (χ0n) is 11.9. The van der Waals surface area contributed by atoms with Gasteiger partial charge >= 0.3 is 5.97 Å². The van der Waals surface area contributed by atoms with Crippen LogP contribution < -0.4 is 5.32 Å². The summed E-state index contributed by atoms with van der Waals surface area (Å²) in [7, 11) is 0. The molecule has 0 aromatic heterocycles. The zero-order valence-corrected chi connectivity index (χ0v) is 11.9. The van der Waals surface area contributed by atoms with Gasteiger partial charge in [0.25, 0.3) is 0 Å². The van der Waals surface area contributed by atoms with E-state index in [1.165, 1.54) is 0 Å². The van der Waals surface area contributed by atoms with Gasteiger partial charge in [-0.3, -0.25) is 9.59 Å². The predicted molar refractivity (Wildman–Crippen MR) is 78.4 cm³/mol. The monoisotopic (exact) mass is 285 g/mol. The van der Waals surface area contributed by atoms with Gasteiger partial charge in [0.2, 0.25) is 5.91 Å². The van der Waals surface area contributed by atoms with Gasteiger partial charge < -0.3 is 10.4 Å². The minimum atomic E-state index is -0.862. The van der Waals surface area contributed by atoms with E-state index in [0.29, 0.717) is 0 Å². The Labute approximate surface area is 123 Å². The van der Waals surface area contributed by atoms with Crippen LogP contribution in [0, 0.1) is 23.7 Å². The van der Waals surface area contributed by atoms with Gasteiger partial charge in [-0.15, -0.1) is 0 Å². The first-order chi connectivity index (χ1) is 10.1. The predicted octanol–water partition coefficient (Wildman–Crippen LogP) is 2.39. The van der Waals surface area contributed by atoms with Gasteiger partial charge in [0.1, 0.15) is 0 Å². The summed E-state index contributed by atoms with van der Waals surface area (Å²) in [5.74, 6) is -1.95. The Hall–Kier alpha value is -2.10. The molecule has 0 heterocycles. The molecule has 1 fully saturated rings. The van der Waals surface area contributed by atoms with Gasteiger partial charge in [-0.25, -0.2) is 0 Å². The highest BCUT2D eigenvalue weighted by molar-refractivity contribution is 5.87. The van der Waals surface area contributed by atoms with Gasteiger partial charge in [-0.2, -0.15) is 0 Å². The number of carboxylic acids is 1. The molecule has 1 saturated carbocycles. The fourth-order valence-corrected chi connectivity index (χ4v) is 3.65. The molecule has 0 aliphatic heterocycles. The lowest BCUT2D eigenvalue weighted by Gasteiger charge is -2.25. The summed E-state index contributed by atoms with van der Waals surface area (Å²) in [6.45, 7) is 1.92. The Morgan fingerprint density at radius 3 is 2.38 bits per heavy atom. The Bertz CT molecular complexity index is 581. The lowest BCUT2D eigenvalue weighted by atomic mass is 9.82. The van der Waals surface area contributed by atoms with Crippen molar-refractivity contribution in [2.75, 3.05) is 0 Å². The normalized spacial score (nSPS) is 31.1. The molecule has 0 unspecified atom stereocenters. The molecule has 0 radical (unpaired) electrons. The fourth-order valence-electron chi connectivity index (χ4n) is 3.65. The molecule has 2 bridgehead atoms. The van der Waals surface area contributed by atoms with Gasteiger partial charge in [0.05, 0.1) is 17.9 Å². The Morgan fingerprint density at radius 2 is 1.76 bits per heavy atom. The molecule has 1 aromatic rings. The van der Waals surface area contributed by atoms with Crippen LogP contribution in [0.2, 0.25) is 0 Å². The molecule has 21 heavy (non-hydrogen) atoms. The number of carboxylic acid groups (broad SMARTS) is 1. The minimum absolute atomic E-state index is 0.00952. The molecule has 1 amide bonds. The van der Waals surface area contributed by atoms with Crippen molar-refractivity contribution < 1.29 is 14.7 Å². The SMILES string of the molecule is C[C@@H](NC(=O)[C@@H]1[C@@H](C(=O)O)[C@H]2C=C[C@H]1C2)c1ccccc1. The summed E-state index contributed by atoms with van der Waals surface area (Å²) >= 11 is 0. The zero-order chi connectivity index (χ0) is 15.0. The van der Waals surface area contributed by atoms with Crippen molar-refractivity contribution in [3.05, 3.63) is 48.0 Å². The average Bonchev–Trinajstić information content (AvgIpc) is 3.08. The highest BCUT2D eigenvalue weighted by Gasteiger charge is 2.51. The van der Waals surface area contributed by atoms with Gasteiger partial charge in [0.15, 0.2) is 0 Å². The second-order valence-corrected chi connectivity index (χ2v) is 5.98. The van der Waals surface area contributed by atoms with E-state index < -0.39 is 17.8 Å². The molecule has 2 aliphatic rings. The summed E-state index contributed by atoms with van der Waals surface area (Å²) in [4.78, 5) is 24.0. The molecular weight excluding hydrogens is 266 g/mol. The highest BCUT2D eigenvalue weighted by atomic mass is 16.4. The summed E-state index contributed by atoms with van der Waals surface area (Å²) in [5.41, 5.74) is 1.02. The van der Waals surface area contributed by atoms with E-state index in [0.717, 1.165) is 12.0 Å². The Morgan fingerprint density at radius 1 is 1.14 bits per heavy atom. The minimum Gasteiger partial charge on any atom is -0.481 e. The first-order valence-electron chi connectivity index (χ1n) is 7.34. The first-order valence-corrected chi connectivity index (χ1v) is 7.34. The smallest absolute Gasteiger partial charge is 0.307 e. The molecule has 1 aromatic carbocycles. The molecule has 5 atom stereocenters. The van der Waals surface area contributed by atoms with Crippen molar-refractivity contribution in [3.63, 3.8) is 0 Å². The Balaban J connectivity index is 1.73. The van der Waals surface area contributed by atoms with E-state index >= 15 is 0 Å². The van der Waals surface area contributed by atoms with E-state index in [2.05, 4.69) is 5.32 Å². The standard InChI is InChI=1S/C17H19NO3/c1-10(11-5-3-2-4-6-11)18-16(19)14-12-7-8-13(9-12)15(14)17(20)21/h2-8,10,12-15H,9H2,1H3,(H,18,19)(H,20,21)/t10-,12+,13+,14+,15+/m1/s1. The van der Waals surface area contributed by atoms with E-state index in [4.69, 9.17) is 0 Å². The number of rotatable bonds is 4. The van der Waals surface area contributed by atoms with Crippen LogP contribution >= 0.6 is 0 Å². The summed E-state index contributed by atoms with van der Waals surface area (Å²) < 4.78 is 0. The number of hydrogen-bond donors (Lipinski definition) is 2. The number of nitrogens with one attached hydrogen (secondary N) is 1. The number of hydrogen-bond acceptors (Lipinski definition) is 2. The molecule has 2 aliphatic carbocycles. The number of carbonyl (C=O) groups excluding carboxylic acids is 1. The van der Waals surface area contributed by atoms with Crippen LogP contribution in [-0.2, 0) is 9.59 Å². The molecule has 3 rings (SSSR count). The van der Waals surface area contributed by atoms with Crippen molar-refractivity contribution >= 4 is 11.9 Å². The molecule has 110 valence electrons. The van der Waals surface area contributed by atoms with Crippen LogP contribution in [0.1, 0.15) is 24.9 Å². The third-order valence-electron chi connectivity index (χ3n) is 4.71. The lowest BCUT2D eigenvalue weighted by molar-refractivity contribution is -0.148. The molecule has 4 heteroatoms. The number of carbonyl (C=O) groups is 2. The van der Waals surface area contributed by atoms with Gasteiger partial charge in [-0.1, -0.05) is 42.5 Å². The van der Waals surface area contributed by atoms with Crippen LogP contribution in [0.3, 0.4) is 0 Å². The van der Waals surface area contributed by atoms with E-state index in [1.807, 2.05) is 49.4 Å². The van der Waals surface area contributed by atoms with E-state index in [-0.39, 0.29) is 23.8 Å².